The van der Waals surface area contributed by atoms with Crippen molar-refractivity contribution < 1.29 is 33.6 Å². The van der Waals surface area contributed by atoms with Crippen LogP contribution in [0.2, 0.25) is 0 Å². The van der Waals surface area contributed by atoms with Crippen LogP contribution in [0.3, 0.4) is 0 Å². The number of aromatic hydroxyl groups is 1. The lowest BCUT2D eigenvalue weighted by atomic mass is 9.67. The van der Waals surface area contributed by atoms with Gasteiger partial charge in [0.15, 0.2) is 23.0 Å². The molecule has 0 unspecified atom stereocenters. The number of cyclic esters (lactones) is 1. The highest BCUT2D eigenvalue weighted by atomic mass is 16.7. The lowest BCUT2D eigenvalue weighted by Gasteiger charge is -2.33. The number of phenols is 1. The van der Waals surface area contributed by atoms with E-state index in [4.69, 9.17) is 23.7 Å². The number of methoxy groups -OCH3 is 2. The number of fused-ring (bicyclic) bond motifs is 3. The zero-order valence-electron chi connectivity index (χ0n) is 15.6. The van der Waals surface area contributed by atoms with E-state index >= 15 is 0 Å². The van der Waals surface area contributed by atoms with Gasteiger partial charge in [0.1, 0.15) is 0 Å². The van der Waals surface area contributed by atoms with E-state index in [2.05, 4.69) is 0 Å². The molecule has 3 atom stereocenters. The lowest BCUT2D eigenvalue weighted by Crippen LogP contribution is -2.31. The van der Waals surface area contributed by atoms with Gasteiger partial charge in [-0.3, -0.25) is 4.79 Å². The predicted octanol–water partition coefficient (Wildman–Crippen LogP) is 2.62. The van der Waals surface area contributed by atoms with Crippen molar-refractivity contribution >= 4 is 5.97 Å². The summed E-state index contributed by atoms with van der Waals surface area (Å²) in [6.07, 6.45) is 0.741. The highest BCUT2D eigenvalue weighted by Crippen LogP contribution is 2.52. The summed E-state index contributed by atoms with van der Waals surface area (Å²) >= 11 is 0. The summed E-state index contributed by atoms with van der Waals surface area (Å²) in [5.41, 5.74) is 2.93. The number of ether oxygens (including phenoxy) is 5. The maximum absolute atomic E-state index is 12.6. The van der Waals surface area contributed by atoms with Crippen LogP contribution in [0.4, 0.5) is 0 Å². The van der Waals surface area contributed by atoms with Gasteiger partial charge in [0, 0.05) is 11.8 Å². The standard InChI is InChI=1S/C21H20O7/c1-24-16-5-11(6-17(25-2)20(16)22)18-13-7-15-14(27-9-28-15)4-10(13)3-12-8-26-21(23)19(12)18/h4-7,12,18-19,22H,3,8-9H2,1-2H3/t12-,18-,19-/m1/s1. The van der Waals surface area contributed by atoms with Crippen LogP contribution in [0, 0.1) is 11.8 Å². The Labute approximate surface area is 161 Å². The maximum atomic E-state index is 12.6. The number of hydrogen-bond acceptors (Lipinski definition) is 7. The molecule has 1 aliphatic carbocycles. The van der Waals surface area contributed by atoms with Crippen molar-refractivity contribution in [3.63, 3.8) is 0 Å². The minimum absolute atomic E-state index is 0.0685. The largest absolute Gasteiger partial charge is 0.502 e. The van der Waals surface area contributed by atoms with Crippen molar-refractivity contribution in [1.82, 2.24) is 0 Å². The van der Waals surface area contributed by atoms with Crippen LogP contribution >= 0.6 is 0 Å². The molecule has 0 bridgehead atoms. The normalized spacial score (nSPS) is 24.4. The first kappa shape index (κ1) is 17.0. The quantitative estimate of drug-likeness (QED) is 0.815. The van der Waals surface area contributed by atoms with E-state index in [-0.39, 0.29) is 36.3 Å². The Hall–Kier alpha value is -3.09. The molecule has 7 heteroatoms. The fraction of sp³-hybridized carbons (Fsp3) is 0.381. The van der Waals surface area contributed by atoms with E-state index in [0.717, 1.165) is 28.9 Å². The molecule has 0 amide bonds. The zero-order valence-corrected chi connectivity index (χ0v) is 15.6. The zero-order chi connectivity index (χ0) is 19.4. The molecule has 1 N–H and O–H groups in total. The first-order valence-corrected chi connectivity index (χ1v) is 9.14. The number of benzene rings is 2. The van der Waals surface area contributed by atoms with Gasteiger partial charge >= 0.3 is 5.97 Å². The molecule has 2 aliphatic heterocycles. The van der Waals surface area contributed by atoms with Crippen molar-refractivity contribution in [3.8, 4) is 28.7 Å². The minimum atomic E-state index is -0.313. The molecule has 28 heavy (non-hydrogen) atoms. The fourth-order valence-electron chi connectivity index (χ4n) is 4.60. The Morgan fingerprint density at radius 2 is 1.68 bits per heavy atom. The average Bonchev–Trinajstić information content (AvgIpc) is 3.31. The minimum Gasteiger partial charge on any atom is -0.502 e. The smallest absolute Gasteiger partial charge is 0.310 e. The highest BCUT2D eigenvalue weighted by molar-refractivity contribution is 5.78. The topological polar surface area (TPSA) is 83.5 Å². The van der Waals surface area contributed by atoms with E-state index in [1.165, 1.54) is 14.2 Å². The van der Waals surface area contributed by atoms with Gasteiger partial charge in [0.2, 0.25) is 12.5 Å². The van der Waals surface area contributed by atoms with E-state index < -0.39 is 0 Å². The van der Waals surface area contributed by atoms with Crippen molar-refractivity contribution in [1.29, 1.82) is 0 Å². The second-order valence-corrected chi connectivity index (χ2v) is 7.28. The van der Waals surface area contributed by atoms with Crippen LogP contribution in [0.25, 0.3) is 0 Å². The Balaban J connectivity index is 1.72. The van der Waals surface area contributed by atoms with Gasteiger partial charge in [-0.1, -0.05) is 0 Å². The van der Waals surface area contributed by atoms with Crippen LogP contribution in [-0.4, -0.2) is 38.7 Å². The Bertz CT molecular complexity index is 942. The molecule has 1 fully saturated rings. The molecule has 5 rings (SSSR count). The molecule has 146 valence electrons. The first-order chi connectivity index (χ1) is 13.6. The third-order valence-electron chi connectivity index (χ3n) is 5.89. The lowest BCUT2D eigenvalue weighted by molar-refractivity contribution is -0.141. The maximum Gasteiger partial charge on any atom is 0.310 e. The molecule has 1 saturated heterocycles. The van der Waals surface area contributed by atoms with Gasteiger partial charge in [0.05, 0.1) is 26.7 Å². The van der Waals surface area contributed by atoms with Crippen LogP contribution in [0.5, 0.6) is 28.7 Å². The van der Waals surface area contributed by atoms with Crippen molar-refractivity contribution in [2.45, 2.75) is 12.3 Å². The summed E-state index contributed by atoms with van der Waals surface area (Å²) < 4.78 is 27.2. The summed E-state index contributed by atoms with van der Waals surface area (Å²) in [6.45, 7) is 0.596. The predicted molar refractivity (Wildman–Crippen MR) is 97.3 cm³/mol. The third-order valence-corrected chi connectivity index (χ3v) is 5.89. The van der Waals surface area contributed by atoms with Gasteiger partial charge < -0.3 is 28.8 Å². The van der Waals surface area contributed by atoms with E-state index in [9.17, 15) is 9.90 Å². The van der Waals surface area contributed by atoms with Gasteiger partial charge in [-0.2, -0.15) is 0 Å². The Morgan fingerprint density at radius 3 is 2.36 bits per heavy atom. The molecule has 7 nitrogen and oxygen atoms in total. The summed E-state index contributed by atoms with van der Waals surface area (Å²) in [5.74, 6) is 1.22. The number of carbonyl (C=O) groups excluding carboxylic acids is 1. The number of rotatable bonds is 3. The highest BCUT2D eigenvalue weighted by Gasteiger charge is 2.48. The summed E-state index contributed by atoms with van der Waals surface area (Å²) in [4.78, 5) is 12.6. The van der Waals surface area contributed by atoms with Crippen molar-refractivity contribution in [2.24, 2.45) is 11.8 Å². The van der Waals surface area contributed by atoms with Crippen LogP contribution in [-0.2, 0) is 16.0 Å². The van der Waals surface area contributed by atoms with Crippen molar-refractivity contribution in [3.05, 3.63) is 41.0 Å². The molecule has 3 aliphatic rings. The second-order valence-electron chi connectivity index (χ2n) is 7.28. The van der Waals surface area contributed by atoms with Gasteiger partial charge in [-0.15, -0.1) is 0 Å². The molecular formula is C21H20O7. The van der Waals surface area contributed by atoms with E-state index in [1.54, 1.807) is 12.1 Å². The molecule has 0 aromatic heterocycles. The van der Waals surface area contributed by atoms with Gasteiger partial charge in [0.25, 0.3) is 0 Å². The monoisotopic (exact) mass is 384 g/mol. The van der Waals surface area contributed by atoms with Crippen LogP contribution < -0.4 is 18.9 Å². The third kappa shape index (κ3) is 2.38. The Kier molecular flexibility index (Phi) is 3.79. The van der Waals surface area contributed by atoms with Crippen LogP contribution in [0.1, 0.15) is 22.6 Å². The number of carbonyl (C=O) groups is 1. The SMILES string of the molecule is COc1cc([C@@H]2c3cc4c(cc3C[C@@H]3COC(=O)[C@H]32)OCO4)cc(OC)c1O. The van der Waals surface area contributed by atoms with E-state index in [1.807, 2.05) is 12.1 Å². The number of esters is 1. The number of phenolic OH excluding ortho intramolecular Hbond substituents is 1. The Morgan fingerprint density at radius 1 is 1.00 bits per heavy atom. The van der Waals surface area contributed by atoms with Gasteiger partial charge in [-0.25, -0.2) is 0 Å². The molecule has 2 heterocycles. The number of hydrogen-bond donors (Lipinski definition) is 1. The fourth-order valence-corrected chi connectivity index (χ4v) is 4.60. The molecule has 2 aromatic carbocycles. The van der Waals surface area contributed by atoms with E-state index in [0.29, 0.717) is 23.9 Å². The molecule has 0 spiro atoms. The average molecular weight is 384 g/mol. The summed E-state index contributed by atoms with van der Waals surface area (Å²) in [6, 6.07) is 7.46. The van der Waals surface area contributed by atoms with Crippen molar-refractivity contribution in [2.75, 3.05) is 27.6 Å². The molecule has 2 aromatic rings. The molecular weight excluding hydrogens is 364 g/mol. The molecule has 0 saturated carbocycles. The molecule has 0 radical (unpaired) electrons. The van der Waals surface area contributed by atoms with Crippen LogP contribution in [0.15, 0.2) is 24.3 Å². The summed E-state index contributed by atoms with van der Waals surface area (Å²) in [5, 5.41) is 10.3. The summed E-state index contributed by atoms with van der Waals surface area (Å²) in [7, 11) is 2.97. The van der Waals surface area contributed by atoms with Gasteiger partial charge in [-0.05, 0) is 47.4 Å². The first-order valence-electron chi connectivity index (χ1n) is 9.14. The second kappa shape index (κ2) is 6.22.